The molecule has 0 unspecified atom stereocenters. The largest absolute Gasteiger partial charge is 0.353 e. The molecule has 0 saturated heterocycles. The van der Waals surface area contributed by atoms with E-state index in [1.54, 1.807) is 12.1 Å². The van der Waals surface area contributed by atoms with E-state index in [0.29, 0.717) is 5.02 Å². The van der Waals surface area contributed by atoms with Gasteiger partial charge in [-0.3, -0.25) is 0 Å². The second-order valence-electron chi connectivity index (χ2n) is 7.06. The Kier molecular flexibility index (Phi) is 4.94. The molecule has 0 spiro atoms. The van der Waals surface area contributed by atoms with Gasteiger partial charge in [0, 0.05) is 35.9 Å². The van der Waals surface area contributed by atoms with Gasteiger partial charge >= 0.3 is 0 Å². The molecule has 1 N–H and O–H groups in total. The molecule has 4 aromatic rings. The molecule has 29 heavy (non-hydrogen) atoms. The van der Waals surface area contributed by atoms with Gasteiger partial charge in [-0.05, 0) is 48.9 Å². The van der Waals surface area contributed by atoms with Crippen molar-refractivity contribution in [3.8, 4) is 22.5 Å². The van der Waals surface area contributed by atoms with Gasteiger partial charge < -0.3 is 4.98 Å². The summed E-state index contributed by atoms with van der Waals surface area (Å²) in [5.74, 6) is 0. The van der Waals surface area contributed by atoms with Crippen LogP contribution < -0.4 is 0 Å². The number of halogens is 1. The maximum absolute atomic E-state index is 12.4. The SMILES string of the molecule is Cc1cc(S(=O)(=O)N(C)C)ccc1-c1ccc2[nH]c(-c3ccccc3Cl)cc2n1. The number of sulfonamides is 1. The first-order chi connectivity index (χ1) is 13.8. The highest BCUT2D eigenvalue weighted by Crippen LogP contribution is 2.31. The first-order valence-electron chi connectivity index (χ1n) is 9.05. The van der Waals surface area contributed by atoms with Crippen LogP contribution in [0.4, 0.5) is 0 Å². The standard InChI is InChI=1S/C22H20ClN3O2S/c1-14-12-15(29(27,28)26(2)3)8-9-16(14)19-10-11-20-22(24-19)13-21(25-20)17-6-4-5-7-18(17)23/h4-13,25H,1-3H3. The summed E-state index contributed by atoms with van der Waals surface area (Å²) in [6, 6.07) is 18.6. The maximum atomic E-state index is 12.4. The topological polar surface area (TPSA) is 66.1 Å². The van der Waals surface area contributed by atoms with Crippen molar-refractivity contribution < 1.29 is 8.42 Å². The van der Waals surface area contributed by atoms with Crippen LogP contribution in [0, 0.1) is 6.92 Å². The van der Waals surface area contributed by atoms with E-state index >= 15 is 0 Å². The number of H-pyrrole nitrogens is 1. The molecule has 0 atom stereocenters. The van der Waals surface area contributed by atoms with Crippen LogP contribution >= 0.6 is 11.6 Å². The first-order valence-corrected chi connectivity index (χ1v) is 10.9. The number of fused-ring (bicyclic) bond motifs is 1. The van der Waals surface area contributed by atoms with Crippen LogP contribution in [0.15, 0.2) is 65.6 Å². The van der Waals surface area contributed by atoms with Crippen molar-refractivity contribution in [1.29, 1.82) is 0 Å². The van der Waals surface area contributed by atoms with Gasteiger partial charge in [0.05, 0.1) is 21.6 Å². The highest BCUT2D eigenvalue weighted by atomic mass is 35.5. The van der Waals surface area contributed by atoms with Crippen LogP contribution in [-0.2, 0) is 10.0 Å². The van der Waals surface area contributed by atoms with E-state index in [-0.39, 0.29) is 4.90 Å². The van der Waals surface area contributed by atoms with Gasteiger partial charge in [0.25, 0.3) is 0 Å². The van der Waals surface area contributed by atoms with Crippen molar-refractivity contribution in [3.63, 3.8) is 0 Å². The summed E-state index contributed by atoms with van der Waals surface area (Å²) >= 11 is 6.32. The Morgan fingerprint density at radius 2 is 1.72 bits per heavy atom. The van der Waals surface area contributed by atoms with Crippen molar-refractivity contribution in [2.75, 3.05) is 14.1 Å². The van der Waals surface area contributed by atoms with Gasteiger partial charge in [-0.2, -0.15) is 0 Å². The molecule has 0 aliphatic heterocycles. The summed E-state index contributed by atoms with van der Waals surface area (Å²) < 4.78 is 25.9. The number of pyridine rings is 1. The average molecular weight is 426 g/mol. The average Bonchev–Trinajstić information content (AvgIpc) is 3.11. The normalized spacial score (nSPS) is 12.0. The molecule has 0 saturated carbocycles. The predicted octanol–water partition coefficient (Wildman–Crippen LogP) is 5.11. The lowest BCUT2D eigenvalue weighted by Gasteiger charge is -2.13. The number of hydrogen-bond acceptors (Lipinski definition) is 3. The van der Waals surface area contributed by atoms with E-state index in [1.165, 1.54) is 18.4 Å². The van der Waals surface area contributed by atoms with Crippen molar-refractivity contribution in [3.05, 3.63) is 71.2 Å². The predicted molar refractivity (Wildman–Crippen MR) is 118 cm³/mol. The number of aryl methyl sites for hydroxylation is 1. The quantitative estimate of drug-likeness (QED) is 0.494. The van der Waals surface area contributed by atoms with Gasteiger partial charge in [-0.1, -0.05) is 35.9 Å². The molecule has 0 aliphatic rings. The van der Waals surface area contributed by atoms with Gasteiger partial charge in [-0.25, -0.2) is 17.7 Å². The Hall–Kier alpha value is -2.67. The van der Waals surface area contributed by atoms with Crippen LogP contribution in [0.1, 0.15) is 5.56 Å². The third-order valence-electron chi connectivity index (χ3n) is 4.89. The fraction of sp³-hybridized carbons (Fsp3) is 0.136. The lowest BCUT2D eigenvalue weighted by atomic mass is 10.1. The molecule has 2 aromatic carbocycles. The number of benzene rings is 2. The molecule has 148 valence electrons. The third-order valence-corrected chi connectivity index (χ3v) is 7.03. The number of hydrogen-bond donors (Lipinski definition) is 1. The zero-order chi connectivity index (χ0) is 20.8. The second kappa shape index (κ2) is 7.30. The molecule has 5 nitrogen and oxygen atoms in total. The Bertz CT molecular complexity index is 1330. The minimum Gasteiger partial charge on any atom is -0.353 e. The van der Waals surface area contributed by atoms with E-state index < -0.39 is 10.0 Å². The van der Waals surface area contributed by atoms with Crippen LogP contribution in [0.25, 0.3) is 33.5 Å². The molecule has 0 aliphatic carbocycles. The fourth-order valence-electron chi connectivity index (χ4n) is 3.28. The third kappa shape index (κ3) is 3.55. The molecule has 2 heterocycles. The molecule has 0 radical (unpaired) electrons. The minimum atomic E-state index is -3.47. The van der Waals surface area contributed by atoms with Gasteiger partial charge in [-0.15, -0.1) is 0 Å². The number of rotatable bonds is 4. The summed E-state index contributed by atoms with van der Waals surface area (Å²) in [5, 5.41) is 0.674. The van der Waals surface area contributed by atoms with Crippen LogP contribution in [0.3, 0.4) is 0 Å². The van der Waals surface area contributed by atoms with E-state index in [4.69, 9.17) is 16.6 Å². The van der Waals surface area contributed by atoms with E-state index in [2.05, 4.69) is 4.98 Å². The smallest absolute Gasteiger partial charge is 0.242 e. The molecule has 7 heteroatoms. The summed E-state index contributed by atoms with van der Waals surface area (Å²) in [4.78, 5) is 8.40. The molecule has 2 aromatic heterocycles. The first kappa shape index (κ1) is 19.6. The Morgan fingerprint density at radius 3 is 2.41 bits per heavy atom. The van der Waals surface area contributed by atoms with Crippen molar-refractivity contribution in [1.82, 2.24) is 14.3 Å². The van der Waals surface area contributed by atoms with Gasteiger partial charge in [0.15, 0.2) is 0 Å². The lowest BCUT2D eigenvalue weighted by Crippen LogP contribution is -2.22. The molecule has 0 bridgehead atoms. The maximum Gasteiger partial charge on any atom is 0.242 e. The highest BCUT2D eigenvalue weighted by molar-refractivity contribution is 7.89. The summed E-state index contributed by atoms with van der Waals surface area (Å²) in [6.07, 6.45) is 0. The summed E-state index contributed by atoms with van der Waals surface area (Å²) in [5.41, 5.74) is 6.08. The monoisotopic (exact) mass is 425 g/mol. The van der Waals surface area contributed by atoms with E-state index in [0.717, 1.165) is 39.1 Å². The second-order valence-corrected chi connectivity index (χ2v) is 9.62. The number of aromatic amines is 1. The van der Waals surface area contributed by atoms with Crippen LogP contribution in [-0.4, -0.2) is 36.8 Å². The Labute approximate surface area is 175 Å². The minimum absolute atomic E-state index is 0.271. The zero-order valence-corrected chi connectivity index (χ0v) is 17.8. The molecule has 0 amide bonds. The summed E-state index contributed by atoms with van der Waals surface area (Å²) in [6.45, 7) is 1.89. The number of nitrogens with zero attached hydrogens (tertiary/aromatic N) is 2. The van der Waals surface area contributed by atoms with E-state index in [9.17, 15) is 8.42 Å². The van der Waals surface area contributed by atoms with E-state index in [1.807, 2.05) is 55.5 Å². The highest BCUT2D eigenvalue weighted by Gasteiger charge is 2.18. The molecule has 4 rings (SSSR count). The van der Waals surface area contributed by atoms with Crippen LogP contribution in [0.2, 0.25) is 5.02 Å². The Balaban J connectivity index is 1.76. The van der Waals surface area contributed by atoms with Crippen molar-refractivity contribution in [2.45, 2.75) is 11.8 Å². The number of nitrogens with one attached hydrogen (secondary N) is 1. The molecule has 0 fully saturated rings. The summed E-state index contributed by atoms with van der Waals surface area (Å²) in [7, 11) is -0.420. The molecular formula is C22H20ClN3O2S. The fourth-order valence-corrected chi connectivity index (χ4v) is 4.50. The van der Waals surface area contributed by atoms with Crippen LogP contribution in [0.5, 0.6) is 0 Å². The molecular weight excluding hydrogens is 406 g/mol. The van der Waals surface area contributed by atoms with Gasteiger partial charge in [0.2, 0.25) is 10.0 Å². The Morgan fingerprint density at radius 1 is 0.966 bits per heavy atom. The zero-order valence-electron chi connectivity index (χ0n) is 16.3. The van der Waals surface area contributed by atoms with Crippen molar-refractivity contribution in [2.24, 2.45) is 0 Å². The van der Waals surface area contributed by atoms with Gasteiger partial charge in [0.1, 0.15) is 0 Å². The number of aromatic nitrogens is 2. The van der Waals surface area contributed by atoms with Crippen molar-refractivity contribution >= 4 is 32.7 Å². The lowest BCUT2D eigenvalue weighted by molar-refractivity contribution is 0.520.